The Morgan fingerprint density at radius 3 is 2.56 bits per heavy atom. The molecule has 1 aliphatic heterocycles. The number of ether oxygens (including phenoxy) is 1. The number of aromatic nitrogens is 4. The Balaban J connectivity index is 1.20. The normalized spacial score (nSPS) is 13.9. The number of fused-ring (bicyclic) bond motifs is 1. The molecular formula is C25H26N6O3. The van der Waals surface area contributed by atoms with E-state index in [1.54, 1.807) is 0 Å². The van der Waals surface area contributed by atoms with E-state index in [1.165, 1.54) is 0 Å². The van der Waals surface area contributed by atoms with Gasteiger partial charge in [-0.3, -0.25) is 14.6 Å². The smallest absolute Gasteiger partial charge is 0.255 e. The van der Waals surface area contributed by atoms with Crippen molar-refractivity contribution in [2.75, 3.05) is 36.5 Å². The number of carbonyl (C=O) groups excluding carboxylic acids is 1. The summed E-state index contributed by atoms with van der Waals surface area (Å²) in [4.78, 5) is 42.4. The van der Waals surface area contributed by atoms with Crippen LogP contribution in [0.15, 0.2) is 53.3 Å². The fraction of sp³-hybridized carbons (Fsp3) is 0.280. The molecule has 3 heterocycles. The lowest BCUT2D eigenvalue weighted by Gasteiger charge is -2.27. The number of nitrogens with one attached hydrogen (secondary N) is 3. The van der Waals surface area contributed by atoms with Gasteiger partial charge in [-0.2, -0.15) is 0 Å². The van der Waals surface area contributed by atoms with Gasteiger partial charge in [0.2, 0.25) is 11.9 Å². The molecule has 0 unspecified atom stereocenters. The van der Waals surface area contributed by atoms with Crippen LogP contribution in [-0.2, 0) is 16.0 Å². The van der Waals surface area contributed by atoms with Crippen molar-refractivity contribution in [2.45, 2.75) is 19.8 Å². The van der Waals surface area contributed by atoms with Crippen molar-refractivity contribution in [2.24, 2.45) is 0 Å². The van der Waals surface area contributed by atoms with Crippen molar-refractivity contribution in [3.63, 3.8) is 0 Å². The van der Waals surface area contributed by atoms with Gasteiger partial charge in [-0.15, -0.1) is 0 Å². The second kappa shape index (κ2) is 9.48. The summed E-state index contributed by atoms with van der Waals surface area (Å²) < 4.78 is 5.35. The van der Waals surface area contributed by atoms with Gasteiger partial charge in [0.25, 0.3) is 5.56 Å². The maximum absolute atomic E-state index is 12.6. The molecule has 3 N–H and O–H groups in total. The number of carbonyl (C=O) groups is 1. The van der Waals surface area contributed by atoms with E-state index in [1.807, 2.05) is 60.4 Å². The second-order valence-electron chi connectivity index (χ2n) is 8.28. The van der Waals surface area contributed by atoms with Gasteiger partial charge in [0.15, 0.2) is 0 Å². The van der Waals surface area contributed by atoms with E-state index in [-0.39, 0.29) is 17.9 Å². The molecule has 1 fully saturated rings. The fourth-order valence-electron chi connectivity index (χ4n) is 4.08. The van der Waals surface area contributed by atoms with Crippen molar-refractivity contribution >= 4 is 28.6 Å². The number of anilines is 2. The van der Waals surface area contributed by atoms with Crippen molar-refractivity contribution in [3.8, 4) is 11.4 Å². The molecule has 5 rings (SSSR count). The zero-order valence-corrected chi connectivity index (χ0v) is 18.9. The number of morpholine rings is 1. The summed E-state index contributed by atoms with van der Waals surface area (Å²) in [5.41, 5.74) is 4.50. The third-order valence-electron chi connectivity index (χ3n) is 5.95. The van der Waals surface area contributed by atoms with Crippen molar-refractivity contribution in [3.05, 3.63) is 70.1 Å². The van der Waals surface area contributed by atoms with Crippen LogP contribution in [0.4, 0.5) is 11.6 Å². The molecule has 2 aromatic heterocycles. The molecule has 4 aromatic rings. The van der Waals surface area contributed by atoms with Gasteiger partial charge in [0, 0.05) is 42.0 Å². The Bertz CT molecular complexity index is 1340. The minimum absolute atomic E-state index is 0.160. The first kappa shape index (κ1) is 21.8. The van der Waals surface area contributed by atoms with Gasteiger partial charge in [-0.25, -0.2) is 9.97 Å². The molecule has 0 atom stereocenters. The van der Waals surface area contributed by atoms with Crippen molar-refractivity contribution in [1.82, 2.24) is 19.9 Å². The maximum Gasteiger partial charge on any atom is 0.255 e. The molecule has 0 bridgehead atoms. The van der Waals surface area contributed by atoms with Crippen LogP contribution >= 0.6 is 0 Å². The summed E-state index contributed by atoms with van der Waals surface area (Å²) in [6, 6.07) is 15.4. The number of hydrogen-bond donors (Lipinski definition) is 3. The Kier molecular flexibility index (Phi) is 6.09. The van der Waals surface area contributed by atoms with E-state index in [9.17, 15) is 9.59 Å². The Morgan fingerprint density at radius 1 is 1.06 bits per heavy atom. The first-order valence-corrected chi connectivity index (χ1v) is 11.3. The number of imidazole rings is 1. The third kappa shape index (κ3) is 4.69. The highest BCUT2D eigenvalue weighted by Crippen LogP contribution is 2.22. The van der Waals surface area contributed by atoms with Crippen LogP contribution in [0.3, 0.4) is 0 Å². The quantitative estimate of drug-likeness (QED) is 0.409. The molecule has 0 saturated carbocycles. The fourth-order valence-corrected chi connectivity index (χ4v) is 4.08. The average Bonchev–Trinajstić information content (AvgIpc) is 3.29. The minimum atomic E-state index is -0.197. The third-order valence-corrected chi connectivity index (χ3v) is 5.95. The van der Waals surface area contributed by atoms with E-state index in [0.29, 0.717) is 55.6 Å². The zero-order chi connectivity index (χ0) is 23.5. The van der Waals surface area contributed by atoms with Crippen LogP contribution in [0.1, 0.15) is 17.7 Å². The number of amides is 1. The first-order chi connectivity index (χ1) is 16.6. The highest BCUT2D eigenvalue weighted by atomic mass is 16.5. The molecule has 0 radical (unpaired) electrons. The van der Waals surface area contributed by atoms with E-state index < -0.39 is 0 Å². The molecular weight excluding hydrogens is 432 g/mol. The highest BCUT2D eigenvalue weighted by Gasteiger charge is 2.17. The van der Waals surface area contributed by atoms with Gasteiger partial charge in [-0.1, -0.05) is 12.1 Å². The number of para-hydroxylation sites is 2. The van der Waals surface area contributed by atoms with Crippen molar-refractivity contribution in [1.29, 1.82) is 0 Å². The lowest BCUT2D eigenvalue weighted by atomic mass is 10.1. The Labute approximate surface area is 196 Å². The van der Waals surface area contributed by atoms with Gasteiger partial charge in [0.1, 0.15) is 5.82 Å². The lowest BCUT2D eigenvalue weighted by Crippen LogP contribution is -2.38. The van der Waals surface area contributed by atoms with Crippen LogP contribution in [0.2, 0.25) is 0 Å². The molecule has 1 amide bonds. The van der Waals surface area contributed by atoms with Gasteiger partial charge in [0.05, 0.1) is 24.2 Å². The van der Waals surface area contributed by atoms with Crippen LogP contribution in [0.25, 0.3) is 22.4 Å². The number of rotatable bonds is 6. The molecule has 174 valence electrons. The monoisotopic (exact) mass is 458 g/mol. The van der Waals surface area contributed by atoms with Crippen LogP contribution in [-0.4, -0.2) is 52.1 Å². The standard InChI is InChI=1S/C25H26N6O3/c1-16-19(24(33)30-25(26-16)31-12-14-34-15-13-31)10-11-22(32)27-18-8-6-17(7-9-18)23-28-20-4-2-3-5-21(20)29-23/h2-9H,10-15H2,1H3,(H,27,32)(H,28,29)(H,26,30,33). The summed E-state index contributed by atoms with van der Waals surface area (Å²) in [6.07, 6.45) is 0.508. The molecule has 2 aromatic carbocycles. The largest absolute Gasteiger partial charge is 0.378 e. The number of aryl methyl sites for hydroxylation is 1. The SMILES string of the molecule is Cc1nc(N2CCOCC2)[nH]c(=O)c1CCC(=O)Nc1ccc(-c2nc3ccccc3[nH]2)cc1. The second-order valence-corrected chi connectivity index (χ2v) is 8.28. The van der Waals surface area contributed by atoms with Crippen molar-refractivity contribution < 1.29 is 9.53 Å². The summed E-state index contributed by atoms with van der Waals surface area (Å²) >= 11 is 0. The average molecular weight is 459 g/mol. The maximum atomic E-state index is 12.6. The molecule has 0 aliphatic carbocycles. The Hall–Kier alpha value is -3.98. The topological polar surface area (TPSA) is 116 Å². The molecule has 34 heavy (non-hydrogen) atoms. The van der Waals surface area contributed by atoms with Crippen LogP contribution < -0.4 is 15.8 Å². The number of aromatic amines is 2. The lowest BCUT2D eigenvalue weighted by molar-refractivity contribution is -0.116. The Morgan fingerprint density at radius 2 is 1.82 bits per heavy atom. The summed E-state index contributed by atoms with van der Waals surface area (Å²) in [5.74, 6) is 1.18. The van der Waals surface area contributed by atoms with Crippen LogP contribution in [0, 0.1) is 6.92 Å². The molecule has 1 saturated heterocycles. The van der Waals surface area contributed by atoms with Gasteiger partial charge >= 0.3 is 0 Å². The number of benzene rings is 2. The van der Waals surface area contributed by atoms with E-state index >= 15 is 0 Å². The number of H-pyrrole nitrogens is 2. The summed E-state index contributed by atoms with van der Waals surface area (Å²) in [5, 5.41) is 2.90. The molecule has 9 heteroatoms. The predicted molar refractivity (Wildman–Crippen MR) is 131 cm³/mol. The van der Waals surface area contributed by atoms with Gasteiger partial charge < -0.3 is 19.9 Å². The number of hydrogen-bond acceptors (Lipinski definition) is 6. The molecule has 9 nitrogen and oxygen atoms in total. The van der Waals surface area contributed by atoms with Gasteiger partial charge in [-0.05, 0) is 49.7 Å². The minimum Gasteiger partial charge on any atom is -0.378 e. The predicted octanol–water partition coefficient (Wildman–Crippen LogP) is 3.03. The number of nitrogens with zero attached hydrogens (tertiary/aromatic N) is 3. The zero-order valence-electron chi connectivity index (χ0n) is 18.9. The van der Waals surface area contributed by atoms with E-state index in [0.717, 1.165) is 22.4 Å². The summed E-state index contributed by atoms with van der Waals surface area (Å²) in [6.45, 7) is 4.43. The summed E-state index contributed by atoms with van der Waals surface area (Å²) in [7, 11) is 0. The first-order valence-electron chi connectivity index (χ1n) is 11.3. The van der Waals surface area contributed by atoms with E-state index in [2.05, 4.69) is 25.3 Å². The molecule has 0 spiro atoms. The molecule has 1 aliphatic rings. The van der Waals surface area contributed by atoms with E-state index in [4.69, 9.17) is 4.74 Å². The van der Waals surface area contributed by atoms with Crippen LogP contribution in [0.5, 0.6) is 0 Å². The highest BCUT2D eigenvalue weighted by molar-refractivity contribution is 5.91.